The smallest absolute Gasteiger partial charge is 0.262 e. The van der Waals surface area contributed by atoms with Crippen LogP contribution in [0.2, 0.25) is 0 Å². The minimum Gasteiger partial charge on any atom is -0.507 e. The first-order valence-corrected chi connectivity index (χ1v) is 5.84. The number of hydrogen-bond acceptors (Lipinski definition) is 5. The van der Waals surface area contributed by atoms with E-state index in [4.69, 9.17) is 8.94 Å². The molecule has 0 aliphatic carbocycles. The fourth-order valence-electron chi connectivity index (χ4n) is 1.86. The lowest BCUT2D eigenvalue weighted by Crippen LogP contribution is -1.83. The maximum absolute atomic E-state index is 9.99. The highest BCUT2D eigenvalue weighted by atomic mass is 16.5. The molecule has 2 heterocycles. The quantitative estimate of drug-likeness (QED) is 0.761. The molecule has 0 atom stereocenters. The molecule has 0 spiro atoms. The summed E-state index contributed by atoms with van der Waals surface area (Å²) in [5, 5.41) is 13.9. The van der Waals surface area contributed by atoms with Crippen LogP contribution in [0.4, 0.5) is 0 Å². The summed E-state index contributed by atoms with van der Waals surface area (Å²) in [5.74, 6) is 1.36. The fraction of sp³-hybridized carbons (Fsp3) is 0.143. The van der Waals surface area contributed by atoms with E-state index in [-0.39, 0.29) is 11.6 Å². The van der Waals surface area contributed by atoms with Crippen LogP contribution in [0.25, 0.3) is 23.0 Å². The minimum absolute atomic E-state index is 0.147. The topological polar surface area (TPSA) is 72.3 Å². The van der Waals surface area contributed by atoms with Gasteiger partial charge in [0.25, 0.3) is 5.89 Å². The molecule has 5 heteroatoms. The molecule has 0 aliphatic heterocycles. The molecule has 0 radical (unpaired) electrons. The molecule has 1 aromatic carbocycles. The van der Waals surface area contributed by atoms with Crippen molar-refractivity contribution in [2.24, 2.45) is 0 Å². The lowest BCUT2D eigenvalue weighted by molar-refractivity contribution is 0.423. The van der Waals surface area contributed by atoms with Gasteiger partial charge >= 0.3 is 0 Å². The largest absolute Gasteiger partial charge is 0.507 e. The van der Waals surface area contributed by atoms with Crippen LogP contribution in [-0.2, 0) is 0 Å². The van der Waals surface area contributed by atoms with Crippen LogP contribution in [0.3, 0.4) is 0 Å². The molecular weight excluding hydrogens is 244 g/mol. The number of para-hydroxylation sites is 1. The third-order valence-corrected chi connectivity index (χ3v) is 2.96. The summed E-state index contributed by atoms with van der Waals surface area (Å²) in [6, 6.07) is 7.20. The number of benzene rings is 1. The van der Waals surface area contributed by atoms with Gasteiger partial charge in [-0.05, 0) is 37.1 Å². The van der Waals surface area contributed by atoms with E-state index in [1.165, 1.54) is 0 Å². The van der Waals surface area contributed by atoms with Gasteiger partial charge in [0.15, 0.2) is 5.76 Å². The number of rotatable bonds is 2. The van der Waals surface area contributed by atoms with E-state index in [0.29, 0.717) is 17.1 Å². The lowest BCUT2D eigenvalue weighted by atomic mass is 10.1. The number of phenols is 1. The first-order chi connectivity index (χ1) is 9.16. The molecule has 96 valence electrons. The van der Waals surface area contributed by atoms with Crippen molar-refractivity contribution < 1.29 is 14.0 Å². The Kier molecular flexibility index (Phi) is 2.59. The van der Waals surface area contributed by atoms with Crippen molar-refractivity contribution in [3.05, 3.63) is 41.7 Å². The molecule has 0 bridgehead atoms. The van der Waals surface area contributed by atoms with Gasteiger partial charge in [0.1, 0.15) is 5.75 Å². The molecule has 3 aromatic rings. The number of phenolic OH excluding ortho intramolecular Hbond substituents is 1. The molecule has 1 N–H and O–H groups in total. The van der Waals surface area contributed by atoms with Crippen molar-refractivity contribution >= 4 is 0 Å². The van der Waals surface area contributed by atoms with Crippen molar-refractivity contribution in [1.29, 1.82) is 0 Å². The van der Waals surface area contributed by atoms with Crippen LogP contribution in [0.5, 0.6) is 5.75 Å². The van der Waals surface area contributed by atoms with Gasteiger partial charge in [-0.15, -0.1) is 0 Å². The molecule has 0 amide bonds. The SMILES string of the molecule is Cc1ccoc1-c1noc(-c2cccc(C)c2O)n1. The van der Waals surface area contributed by atoms with E-state index in [0.717, 1.165) is 11.1 Å². The third-order valence-electron chi connectivity index (χ3n) is 2.96. The first-order valence-electron chi connectivity index (χ1n) is 5.84. The molecule has 0 unspecified atom stereocenters. The van der Waals surface area contributed by atoms with Crippen molar-refractivity contribution in [2.75, 3.05) is 0 Å². The Morgan fingerprint density at radius 2 is 1.95 bits per heavy atom. The normalized spacial score (nSPS) is 10.8. The van der Waals surface area contributed by atoms with Crippen LogP contribution >= 0.6 is 0 Å². The number of aromatic hydroxyl groups is 1. The van der Waals surface area contributed by atoms with Crippen molar-refractivity contribution in [1.82, 2.24) is 10.1 Å². The van der Waals surface area contributed by atoms with Crippen LogP contribution in [0.1, 0.15) is 11.1 Å². The van der Waals surface area contributed by atoms with E-state index >= 15 is 0 Å². The molecule has 5 nitrogen and oxygen atoms in total. The summed E-state index contributed by atoms with van der Waals surface area (Å²) in [4.78, 5) is 4.25. The molecular formula is C14H12N2O3. The van der Waals surface area contributed by atoms with Crippen molar-refractivity contribution in [3.8, 4) is 28.8 Å². The number of aromatic nitrogens is 2. The second-order valence-corrected chi connectivity index (χ2v) is 4.33. The Labute approximate surface area is 109 Å². The second kappa shape index (κ2) is 4.28. The monoisotopic (exact) mass is 256 g/mol. The molecule has 19 heavy (non-hydrogen) atoms. The summed E-state index contributed by atoms with van der Waals surface area (Å²) in [5.41, 5.74) is 2.20. The zero-order chi connectivity index (χ0) is 13.4. The Hall–Kier alpha value is -2.56. The minimum atomic E-state index is 0.147. The number of furan rings is 1. The van der Waals surface area contributed by atoms with Crippen LogP contribution < -0.4 is 0 Å². The Balaban J connectivity index is 2.07. The maximum atomic E-state index is 9.99. The lowest BCUT2D eigenvalue weighted by Gasteiger charge is -2.01. The first kappa shape index (κ1) is 11.5. The number of aryl methyl sites for hydroxylation is 2. The molecule has 0 aliphatic rings. The molecule has 2 aromatic heterocycles. The maximum Gasteiger partial charge on any atom is 0.262 e. The van der Waals surface area contributed by atoms with Gasteiger partial charge in [0.2, 0.25) is 5.82 Å². The van der Waals surface area contributed by atoms with E-state index in [2.05, 4.69) is 10.1 Å². The van der Waals surface area contributed by atoms with Gasteiger partial charge in [-0.3, -0.25) is 0 Å². The standard InChI is InChI=1S/C14H12N2O3/c1-8-4-3-5-10(11(8)17)14-15-13(16-19-14)12-9(2)6-7-18-12/h3-7,17H,1-2H3. The predicted molar refractivity (Wildman–Crippen MR) is 68.6 cm³/mol. The highest BCUT2D eigenvalue weighted by Gasteiger charge is 2.17. The summed E-state index contributed by atoms with van der Waals surface area (Å²) in [6.45, 7) is 3.71. The second-order valence-electron chi connectivity index (χ2n) is 4.33. The van der Waals surface area contributed by atoms with Crippen LogP contribution in [-0.4, -0.2) is 15.2 Å². The van der Waals surface area contributed by atoms with E-state index < -0.39 is 0 Å². The average molecular weight is 256 g/mol. The van der Waals surface area contributed by atoms with E-state index in [9.17, 15) is 5.11 Å². The van der Waals surface area contributed by atoms with Gasteiger partial charge in [-0.1, -0.05) is 17.3 Å². The van der Waals surface area contributed by atoms with Crippen LogP contribution in [0.15, 0.2) is 39.5 Å². The number of nitrogens with zero attached hydrogens (tertiary/aromatic N) is 2. The van der Waals surface area contributed by atoms with Gasteiger partial charge in [0.05, 0.1) is 11.8 Å². The van der Waals surface area contributed by atoms with E-state index in [1.807, 2.05) is 32.0 Å². The van der Waals surface area contributed by atoms with Gasteiger partial charge in [-0.2, -0.15) is 4.98 Å². The predicted octanol–water partition coefficient (Wildman–Crippen LogP) is 3.32. The fourth-order valence-corrected chi connectivity index (χ4v) is 1.86. The number of hydrogen-bond donors (Lipinski definition) is 1. The zero-order valence-electron chi connectivity index (χ0n) is 10.5. The summed E-state index contributed by atoms with van der Waals surface area (Å²) in [7, 11) is 0. The van der Waals surface area contributed by atoms with Crippen molar-refractivity contribution in [2.45, 2.75) is 13.8 Å². The van der Waals surface area contributed by atoms with Crippen LogP contribution in [0, 0.1) is 13.8 Å². The summed E-state index contributed by atoms with van der Waals surface area (Å²) >= 11 is 0. The Bertz CT molecular complexity index is 728. The molecule has 3 rings (SSSR count). The average Bonchev–Trinajstić information content (AvgIpc) is 3.01. The molecule has 0 saturated heterocycles. The van der Waals surface area contributed by atoms with Crippen molar-refractivity contribution in [3.63, 3.8) is 0 Å². The molecule has 0 saturated carbocycles. The summed E-state index contributed by atoms with van der Waals surface area (Å²) in [6.07, 6.45) is 1.57. The van der Waals surface area contributed by atoms with Gasteiger partial charge in [-0.25, -0.2) is 0 Å². The third kappa shape index (κ3) is 1.89. The van der Waals surface area contributed by atoms with Gasteiger partial charge < -0.3 is 14.0 Å². The highest BCUT2D eigenvalue weighted by Crippen LogP contribution is 2.32. The summed E-state index contributed by atoms with van der Waals surface area (Å²) < 4.78 is 10.5. The molecule has 0 fully saturated rings. The zero-order valence-corrected chi connectivity index (χ0v) is 10.5. The van der Waals surface area contributed by atoms with E-state index in [1.54, 1.807) is 12.3 Å². The Morgan fingerprint density at radius 1 is 1.11 bits per heavy atom. The highest BCUT2D eigenvalue weighted by molar-refractivity contribution is 5.66. The van der Waals surface area contributed by atoms with Gasteiger partial charge in [0, 0.05) is 0 Å². The Morgan fingerprint density at radius 3 is 2.68 bits per heavy atom.